The van der Waals surface area contributed by atoms with Crippen LogP contribution in [0.4, 0.5) is 0 Å². The highest BCUT2D eigenvalue weighted by atomic mass is 16.1. The van der Waals surface area contributed by atoms with E-state index in [1.807, 2.05) is 13.0 Å². The molecule has 4 rings (SSSR count). The van der Waals surface area contributed by atoms with E-state index in [-0.39, 0.29) is 22.9 Å². The third-order valence-electron chi connectivity index (χ3n) is 7.72. The number of Topliss-reactive ketones (excluding diaryl/α,β-unsaturated/α-hetero) is 2. The lowest BCUT2D eigenvalue weighted by Crippen LogP contribution is -2.57. The van der Waals surface area contributed by atoms with Gasteiger partial charge < -0.3 is 0 Å². The van der Waals surface area contributed by atoms with E-state index in [2.05, 4.69) is 13.8 Å². The Hall–Kier alpha value is -1.25. The molecule has 0 amide bonds. The number of carbonyl (C=O) groups is 3. The molecule has 0 aromatic heterocycles. The summed E-state index contributed by atoms with van der Waals surface area (Å²) in [5, 5.41) is 0. The molecule has 0 saturated heterocycles. The molecule has 0 N–H and O–H groups in total. The van der Waals surface area contributed by atoms with Crippen LogP contribution in [-0.4, -0.2) is 17.3 Å². The standard InChI is InChI=1S/C20H26O3/c1-11-8-12-9-13(21)6-7-19(12,2)18-15(22)10-20(3)14(17(11)18)4-5-16(20)23/h9,11,14,17-18H,4-8,10H2,1-3H3/t11-,14+,17+,18+,19+,20+/m1/s1. The lowest BCUT2D eigenvalue weighted by Gasteiger charge is -2.57. The normalized spacial score (nSPS) is 49.3. The Labute approximate surface area is 137 Å². The lowest BCUT2D eigenvalue weighted by molar-refractivity contribution is -0.153. The van der Waals surface area contributed by atoms with Gasteiger partial charge in [-0.05, 0) is 48.5 Å². The topological polar surface area (TPSA) is 51.2 Å². The maximum atomic E-state index is 13.1. The van der Waals surface area contributed by atoms with Gasteiger partial charge in [0.05, 0.1) is 0 Å². The van der Waals surface area contributed by atoms with Crippen molar-refractivity contribution in [3.8, 4) is 0 Å². The van der Waals surface area contributed by atoms with Gasteiger partial charge in [-0.15, -0.1) is 0 Å². The predicted molar refractivity (Wildman–Crippen MR) is 86.7 cm³/mol. The van der Waals surface area contributed by atoms with E-state index < -0.39 is 5.41 Å². The van der Waals surface area contributed by atoms with Gasteiger partial charge in [-0.1, -0.05) is 26.3 Å². The summed E-state index contributed by atoms with van der Waals surface area (Å²) in [6, 6.07) is 0. The monoisotopic (exact) mass is 314 g/mol. The second-order valence-electron chi connectivity index (χ2n) is 8.92. The molecule has 0 heterocycles. The Bertz CT molecular complexity index is 645. The van der Waals surface area contributed by atoms with Crippen molar-refractivity contribution < 1.29 is 14.4 Å². The zero-order chi connectivity index (χ0) is 16.6. The number of hydrogen-bond donors (Lipinski definition) is 0. The summed E-state index contributed by atoms with van der Waals surface area (Å²) in [7, 11) is 0. The fourth-order valence-corrected chi connectivity index (χ4v) is 6.47. The Morgan fingerprint density at radius 1 is 1.09 bits per heavy atom. The summed E-state index contributed by atoms with van der Waals surface area (Å²) < 4.78 is 0. The Kier molecular flexibility index (Phi) is 3.09. The summed E-state index contributed by atoms with van der Waals surface area (Å²) in [5.74, 6) is 1.84. The quantitative estimate of drug-likeness (QED) is 0.687. The molecule has 3 saturated carbocycles. The first kappa shape index (κ1) is 15.3. The highest BCUT2D eigenvalue weighted by Crippen LogP contribution is 2.64. The number of allylic oxidation sites excluding steroid dienone is 1. The van der Waals surface area contributed by atoms with Gasteiger partial charge in [0.1, 0.15) is 11.6 Å². The van der Waals surface area contributed by atoms with E-state index in [1.54, 1.807) is 0 Å². The fraction of sp³-hybridized carbons (Fsp3) is 0.750. The minimum atomic E-state index is -0.422. The Balaban J connectivity index is 1.82. The third kappa shape index (κ3) is 1.85. The molecular formula is C20H26O3. The van der Waals surface area contributed by atoms with Gasteiger partial charge in [-0.2, -0.15) is 0 Å². The Morgan fingerprint density at radius 2 is 1.83 bits per heavy atom. The van der Waals surface area contributed by atoms with E-state index in [0.29, 0.717) is 42.8 Å². The van der Waals surface area contributed by atoms with Crippen molar-refractivity contribution in [3.63, 3.8) is 0 Å². The first-order valence-electron chi connectivity index (χ1n) is 9.07. The molecule has 0 spiro atoms. The number of ketones is 3. The average Bonchev–Trinajstić information content (AvgIpc) is 2.76. The summed E-state index contributed by atoms with van der Waals surface area (Å²) in [6.45, 7) is 6.46. The molecular weight excluding hydrogens is 288 g/mol. The van der Waals surface area contributed by atoms with Gasteiger partial charge in [-0.25, -0.2) is 0 Å². The van der Waals surface area contributed by atoms with Crippen LogP contribution in [-0.2, 0) is 14.4 Å². The largest absolute Gasteiger partial charge is 0.299 e. The van der Waals surface area contributed by atoms with Crippen LogP contribution in [0.1, 0.15) is 59.3 Å². The summed E-state index contributed by atoms with van der Waals surface area (Å²) >= 11 is 0. The van der Waals surface area contributed by atoms with Crippen LogP contribution >= 0.6 is 0 Å². The zero-order valence-corrected chi connectivity index (χ0v) is 14.4. The highest BCUT2D eigenvalue weighted by Gasteiger charge is 2.63. The van der Waals surface area contributed by atoms with Crippen LogP contribution in [0.2, 0.25) is 0 Å². The van der Waals surface area contributed by atoms with Crippen LogP contribution in [0.25, 0.3) is 0 Å². The van der Waals surface area contributed by atoms with Crippen LogP contribution in [0, 0.1) is 34.5 Å². The van der Waals surface area contributed by atoms with Crippen molar-refractivity contribution in [1.82, 2.24) is 0 Å². The van der Waals surface area contributed by atoms with Crippen LogP contribution in [0.15, 0.2) is 11.6 Å². The average molecular weight is 314 g/mol. The molecule has 0 aromatic rings. The van der Waals surface area contributed by atoms with E-state index >= 15 is 0 Å². The van der Waals surface area contributed by atoms with E-state index in [0.717, 1.165) is 19.3 Å². The molecule has 4 aliphatic carbocycles. The lowest BCUT2D eigenvalue weighted by atomic mass is 9.45. The van der Waals surface area contributed by atoms with E-state index in [1.165, 1.54) is 5.57 Å². The molecule has 0 bridgehead atoms. The van der Waals surface area contributed by atoms with Crippen molar-refractivity contribution >= 4 is 17.3 Å². The summed E-state index contributed by atoms with van der Waals surface area (Å²) in [6.07, 6.45) is 6.11. The van der Waals surface area contributed by atoms with Crippen molar-refractivity contribution in [2.45, 2.75) is 59.3 Å². The molecule has 0 radical (unpaired) electrons. The van der Waals surface area contributed by atoms with E-state index in [4.69, 9.17) is 0 Å². The van der Waals surface area contributed by atoms with Gasteiger partial charge in [0.15, 0.2) is 5.78 Å². The first-order chi connectivity index (χ1) is 10.8. The molecule has 3 fully saturated rings. The minimum absolute atomic E-state index is 0.00887. The van der Waals surface area contributed by atoms with Gasteiger partial charge in [0, 0.05) is 30.6 Å². The second-order valence-corrected chi connectivity index (χ2v) is 8.92. The number of hydrogen-bond acceptors (Lipinski definition) is 3. The second kappa shape index (κ2) is 4.64. The van der Waals surface area contributed by atoms with Crippen LogP contribution < -0.4 is 0 Å². The molecule has 3 nitrogen and oxygen atoms in total. The van der Waals surface area contributed by atoms with Crippen molar-refractivity contribution in [2.75, 3.05) is 0 Å². The summed E-state index contributed by atoms with van der Waals surface area (Å²) in [5.41, 5.74) is 0.618. The van der Waals surface area contributed by atoms with Gasteiger partial charge in [-0.3, -0.25) is 14.4 Å². The summed E-state index contributed by atoms with van der Waals surface area (Å²) in [4.78, 5) is 37.5. The van der Waals surface area contributed by atoms with Crippen molar-refractivity contribution in [3.05, 3.63) is 11.6 Å². The molecule has 0 aromatic carbocycles. The highest BCUT2D eigenvalue weighted by molar-refractivity contribution is 5.96. The zero-order valence-electron chi connectivity index (χ0n) is 14.4. The van der Waals surface area contributed by atoms with Gasteiger partial charge >= 0.3 is 0 Å². The Morgan fingerprint density at radius 3 is 2.57 bits per heavy atom. The maximum Gasteiger partial charge on any atom is 0.155 e. The molecule has 0 unspecified atom stereocenters. The number of carbonyl (C=O) groups excluding carboxylic acids is 3. The van der Waals surface area contributed by atoms with E-state index in [9.17, 15) is 14.4 Å². The predicted octanol–water partition coefficient (Wildman–Crippen LogP) is 3.51. The molecule has 0 aliphatic heterocycles. The van der Waals surface area contributed by atoms with Crippen LogP contribution in [0.5, 0.6) is 0 Å². The molecule has 4 aliphatic rings. The molecule has 23 heavy (non-hydrogen) atoms. The fourth-order valence-electron chi connectivity index (χ4n) is 6.47. The number of fused-ring (bicyclic) bond motifs is 5. The molecule has 124 valence electrons. The number of rotatable bonds is 0. The van der Waals surface area contributed by atoms with Crippen molar-refractivity contribution in [2.24, 2.45) is 34.5 Å². The van der Waals surface area contributed by atoms with Crippen molar-refractivity contribution in [1.29, 1.82) is 0 Å². The van der Waals surface area contributed by atoms with Gasteiger partial charge in [0.25, 0.3) is 0 Å². The SMILES string of the molecule is C[C@@H]1CC2=CC(=O)CC[C@]2(C)[C@H]2C(=O)C[C@]3(C)C(=O)CC[C@H]3[C@H]12. The smallest absolute Gasteiger partial charge is 0.155 e. The molecule has 6 atom stereocenters. The minimum Gasteiger partial charge on any atom is -0.299 e. The molecule has 3 heteroatoms. The first-order valence-corrected chi connectivity index (χ1v) is 9.07. The third-order valence-corrected chi connectivity index (χ3v) is 7.72. The maximum absolute atomic E-state index is 13.1. The van der Waals surface area contributed by atoms with Gasteiger partial charge in [0.2, 0.25) is 0 Å². The van der Waals surface area contributed by atoms with Crippen LogP contribution in [0.3, 0.4) is 0 Å².